The number of nitrogen functional groups attached to an aromatic ring is 1. The number of amidine groups is 1. The predicted molar refractivity (Wildman–Crippen MR) is 164 cm³/mol. The third-order valence-electron chi connectivity index (χ3n) is 5.82. The number of nitrogens with one attached hydrogen (secondary N) is 1. The van der Waals surface area contributed by atoms with Crippen molar-refractivity contribution >= 4 is 41.7 Å². The summed E-state index contributed by atoms with van der Waals surface area (Å²) in [6.07, 6.45) is 2.04. The van der Waals surface area contributed by atoms with Crippen molar-refractivity contribution in [3.63, 3.8) is 0 Å². The van der Waals surface area contributed by atoms with Gasteiger partial charge in [0, 0.05) is 24.6 Å². The van der Waals surface area contributed by atoms with Gasteiger partial charge in [-0.05, 0) is 75.2 Å². The molecule has 0 radical (unpaired) electrons. The summed E-state index contributed by atoms with van der Waals surface area (Å²) in [5.74, 6) is -2.47. The van der Waals surface area contributed by atoms with Crippen molar-refractivity contribution in [1.82, 2.24) is 4.90 Å². The normalized spacial score (nSPS) is 10.6. The maximum atomic E-state index is 13.5. The van der Waals surface area contributed by atoms with E-state index in [-0.39, 0.29) is 37.8 Å². The summed E-state index contributed by atoms with van der Waals surface area (Å²) in [5.41, 5.74) is 7.35. The summed E-state index contributed by atoms with van der Waals surface area (Å²) in [7, 11) is 0. The fraction of sp³-hybridized carbons (Fsp3) is 0.375. The number of carbonyl (C=O) groups is 5. The van der Waals surface area contributed by atoms with E-state index in [0.717, 1.165) is 6.92 Å². The number of benzene rings is 2. The molecule has 0 atom stereocenters. The van der Waals surface area contributed by atoms with Gasteiger partial charge >= 0.3 is 17.9 Å². The van der Waals surface area contributed by atoms with Gasteiger partial charge in [-0.15, -0.1) is 0 Å². The molecule has 1 amide bonds. The van der Waals surface area contributed by atoms with Gasteiger partial charge in [-0.1, -0.05) is 19.1 Å². The van der Waals surface area contributed by atoms with E-state index >= 15 is 0 Å². The first-order valence-corrected chi connectivity index (χ1v) is 14.1. The Bertz CT molecular complexity index is 1300. The fourth-order valence-corrected chi connectivity index (χ4v) is 3.93. The number of carbonyl (C=O) groups excluding carboxylic acids is 4. The zero-order valence-electron chi connectivity index (χ0n) is 25.8. The molecular weight excluding hydrogens is 570 g/mol. The standard InChI is InChI=1S/C30H37N3O7.C2H4O2/c1-5-16-33(24(18-26(34)38-6-2)19-27(35)39-7-3)29(36)20(4)17-21-8-10-23(11-9-21)30(37)40-25-14-12-22(13-15-25)28(31)32;1-2(3)4/h8-15,17,24H,5-7,16,18-19H2,1-4H3,(H3,31,32);1H3,(H,3,4). The molecule has 12 heteroatoms. The van der Waals surface area contributed by atoms with Gasteiger partial charge < -0.3 is 30.0 Å². The molecule has 238 valence electrons. The Labute approximate surface area is 257 Å². The minimum atomic E-state index is -0.833. The van der Waals surface area contributed by atoms with Crippen LogP contribution in [0.5, 0.6) is 5.75 Å². The van der Waals surface area contributed by atoms with Gasteiger partial charge in [-0.2, -0.15) is 0 Å². The largest absolute Gasteiger partial charge is 0.481 e. The van der Waals surface area contributed by atoms with E-state index in [1.165, 1.54) is 4.90 Å². The van der Waals surface area contributed by atoms with E-state index < -0.39 is 29.9 Å². The lowest BCUT2D eigenvalue weighted by Crippen LogP contribution is -2.44. The van der Waals surface area contributed by atoms with Gasteiger partial charge in [-0.25, -0.2) is 4.79 Å². The van der Waals surface area contributed by atoms with Crippen LogP contribution in [0.25, 0.3) is 6.08 Å². The predicted octanol–water partition coefficient (Wildman–Crippen LogP) is 4.20. The molecule has 0 aliphatic carbocycles. The SMILES string of the molecule is CC(=O)O.CCCN(C(=O)C(C)=Cc1ccc(C(=O)Oc2ccc(C(=N)N)cc2)cc1)C(CC(=O)OCC)CC(=O)OCC. The second-order valence-electron chi connectivity index (χ2n) is 9.47. The van der Waals surface area contributed by atoms with Crippen LogP contribution in [0, 0.1) is 5.41 Å². The highest BCUT2D eigenvalue weighted by Gasteiger charge is 2.29. The highest BCUT2D eigenvalue weighted by Crippen LogP contribution is 2.19. The maximum Gasteiger partial charge on any atom is 0.343 e. The van der Waals surface area contributed by atoms with Crippen molar-refractivity contribution in [3.8, 4) is 5.75 Å². The first-order valence-electron chi connectivity index (χ1n) is 14.1. The van der Waals surface area contributed by atoms with E-state index in [1.807, 2.05) is 6.92 Å². The van der Waals surface area contributed by atoms with Gasteiger partial charge in [0.2, 0.25) is 5.91 Å². The Morgan fingerprint density at radius 1 is 0.864 bits per heavy atom. The Morgan fingerprint density at radius 3 is 1.77 bits per heavy atom. The number of hydrogen-bond donors (Lipinski definition) is 3. The Hall–Kier alpha value is -5.00. The maximum absolute atomic E-state index is 13.5. The molecule has 2 aromatic rings. The van der Waals surface area contributed by atoms with Gasteiger partial charge in [0.1, 0.15) is 11.6 Å². The summed E-state index contributed by atoms with van der Waals surface area (Å²) in [6, 6.07) is 12.1. The summed E-state index contributed by atoms with van der Waals surface area (Å²) in [5, 5.41) is 14.8. The Morgan fingerprint density at radius 2 is 1.34 bits per heavy atom. The molecular formula is C32H41N3O9. The topological polar surface area (TPSA) is 186 Å². The van der Waals surface area contributed by atoms with E-state index in [9.17, 15) is 19.2 Å². The Balaban J connectivity index is 0.00000227. The quantitative estimate of drug-likeness (QED) is 0.0919. The van der Waals surface area contributed by atoms with Gasteiger partial charge in [0.25, 0.3) is 5.97 Å². The van der Waals surface area contributed by atoms with Crippen LogP contribution in [0.1, 0.15) is 75.4 Å². The number of esters is 3. The van der Waals surface area contributed by atoms with E-state index in [0.29, 0.717) is 41.0 Å². The molecule has 0 fully saturated rings. The number of hydrogen-bond acceptors (Lipinski definition) is 9. The lowest BCUT2D eigenvalue weighted by molar-refractivity contribution is -0.149. The molecule has 44 heavy (non-hydrogen) atoms. The van der Waals surface area contributed by atoms with Crippen LogP contribution in [0.2, 0.25) is 0 Å². The molecule has 0 spiro atoms. The van der Waals surface area contributed by atoms with Crippen LogP contribution in [0.15, 0.2) is 54.1 Å². The average molecular weight is 612 g/mol. The lowest BCUT2D eigenvalue weighted by atomic mass is 10.0. The van der Waals surface area contributed by atoms with E-state index in [2.05, 4.69) is 0 Å². The van der Waals surface area contributed by atoms with Crippen LogP contribution in [-0.2, 0) is 28.7 Å². The molecule has 0 heterocycles. The fourth-order valence-electron chi connectivity index (χ4n) is 3.93. The van der Waals surface area contributed by atoms with Crippen LogP contribution in [0.4, 0.5) is 0 Å². The highest BCUT2D eigenvalue weighted by molar-refractivity contribution is 5.98. The van der Waals surface area contributed by atoms with Crippen molar-refractivity contribution in [3.05, 3.63) is 70.8 Å². The Kier molecular flexibility index (Phi) is 16.2. The molecule has 12 nitrogen and oxygen atoms in total. The van der Waals surface area contributed by atoms with Crippen LogP contribution in [0.3, 0.4) is 0 Å². The minimum absolute atomic E-state index is 0.0818. The third-order valence-corrected chi connectivity index (χ3v) is 5.82. The molecule has 0 saturated carbocycles. The van der Waals surface area contributed by atoms with Crippen molar-refractivity contribution in [2.24, 2.45) is 5.73 Å². The first kappa shape index (κ1) is 37.0. The number of amides is 1. The van der Waals surface area contributed by atoms with Crippen LogP contribution in [-0.4, -0.2) is 71.4 Å². The van der Waals surface area contributed by atoms with Crippen LogP contribution >= 0.6 is 0 Å². The van der Waals surface area contributed by atoms with Crippen molar-refractivity contribution in [2.75, 3.05) is 19.8 Å². The second kappa shape index (κ2) is 19.2. The van der Waals surface area contributed by atoms with Crippen molar-refractivity contribution < 1.29 is 43.3 Å². The van der Waals surface area contributed by atoms with E-state index in [4.69, 9.17) is 35.3 Å². The summed E-state index contributed by atoms with van der Waals surface area (Å²) in [4.78, 5) is 61.0. The average Bonchev–Trinajstić information content (AvgIpc) is 2.95. The van der Waals surface area contributed by atoms with Crippen molar-refractivity contribution in [2.45, 2.75) is 59.9 Å². The number of aliphatic carboxylic acids is 1. The molecule has 4 N–H and O–H groups in total. The summed E-state index contributed by atoms with van der Waals surface area (Å²) in [6.45, 7) is 8.76. The summed E-state index contributed by atoms with van der Waals surface area (Å²) < 4.78 is 15.5. The summed E-state index contributed by atoms with van der Waals surface area (Å²) >= 11 is 0. The van der Waals surface area contributed by atoms with E-state index in [1.54, 1.807) is 75.4 Å². The molecule has 2 rings (SSSR count). The van der Waals surface area contributed by atoms with Gasteiger partial charge in [0.05, 0.1) is 37.7 Å². The molecule has 0 aliphatic rings. The molecule has 0 aromatic heterocycles. The second-order valence-corrected chi connectivity index (χ2v) is 9.47. The van der Waals surface area contributed by atoms with Crippen molar-refractivity contribution in [1.29, 1.82) is 5.41 Å². The minimum Gasteiger partial charge on any atom is -0.481 e. The third kappa shape index (κ3) is 13.3. The smallest absolute Gasteiger partial charge is 0.343 e. The zero-order chi connectivity index (χ0) is 33.2. The number of nitrogens with zero attached hydrogens (tertiary/aromatic N) is 1. The molecule has 0 bridgehead atoms. The number of carboxylic acids is 1. The number of rotatable bonds is 14. The van der Waals surface area contributed by atoms with Crippen LogP contribution < -0.4 is 10.5 Å². The molecule has 0 saturated heterocycles. The molecule has 0 aliphatic heterocycles. The first-order chi connectivity index (χ1) is 20.8. The number of carboxylic acid groups (broad SMARTS) is 1. The van der Waals surface area contributed by atoms with Gasteiger partial charge in [0.15, 0.2) is 0 Å². The molecule has 2 aromatic carbocycles. The monoisotopic (exact) mass is 611 g/mol. The lowest BCUT2D eigenvalue weighted by Gasteiger charge is -2.31. The number of ether oxygens (including phenoxy) is 3. The highest BCUT2D eigenvalue weighted by atomic mass is 16.5. The van der Waals surface area contributed by atoms with Gasteiger partial charge in [-0.3, -0.25) is 24.6 Å². The molecule has 0 unspecified atom stereocenters. The zero-order valence-corrected chi connectivity index (χ0v) is 25.8. The number of nitrogens with two attached hydrogens (primary N) is 1.